The smallest absolute Gasteiger partial charge is 0.252 e. The Labute approximate surface area is 167 Å². The predicted octanol–water partition coefficient (Wildman–Crippen LogP) is 2.45. The Morgan fingerprint density at radius 2 is 1.85 bits per heavy atom. The molecule has 2 fully saturated rings. The van der Waals surface area contributed by atoms with Crippen molar-refractivity contribution in [2.45, 2.75) is 56.2 Å². The Morgan fingerprint density at radius 3 is 2.44 bits per heavy atom. The van der Waals surface area contributed by atoms with Crippen LogP contribution in [-0.4, -0.2) is 62.3 Å². The Hall–Kier alpha value is -0.960. The van der Waals surface area contributed by atoms with Gasteiger partial charge in [-0.05, 0) is 44.7 Å². The molecule has 1 saturated carbocycles. The number of nitrogens with one attached hydrogen (secondary N) is 1. The highest BCUT2D eigenvalue weighted by Crippen LogP contribution is 2.25. The molecule has 152 valence electrons. The first kappa shape index (κ1) is 20.8. The Balaban J connectivity index is 1.48. The molecular formula is C19H31N3O3S2. The summed E-state index contributed by atoms with van der Waals surface area (Å²) in [6.07, 6.45) is 6.30. The van der Waals surface area contributed by atoms with Gasteiger partial charge in [0.15, 0.2) is 0 Å². The van der Waals surface area contributed by atoms with Crippen LogP contribution < -0.4 is 5.32 Å². The Bertz CT molecular complexity index is 733. The number of sulfonamides is 1. The summed E-state index contributed by atoms with van der Waals surface area (Å²) in [4.78, 5) is 15.6. The molecule has 0 bridgehead atoms. The molecule has 1 N–H and O–H groups in total. The van der Waals surface area contributed by atoms with Crippen molar-refractivity contribution in [1.82, 2.24) is 14.5 Å². The second-order valence-electron chi connectivity index (χ2n) is 7.73. The van der Waals surface area contributed by atoms with Crippen LogP contribution in [-0.2, 0) is 14.8 Å². The van der Waals surface area contributed by atoms with E-state index >= 15 is 0 Å². The van der Waals surface area contributed by atoms with Crippen LogP contribution in [0.3, 0.4) is 0 Å². The lowest BCUT2D eigenvalue weighted by molar-refractivity contribution is -0.126. The van der Waals surface area contributed by atoms with E-state index in [1.54, 1.807) is 10.4 Å². The van der Waals surface area contributed by atoms with Crippen molar-refractivity contribution in [2.24, 2.45) is 5.92 Å². The standard InChI is InChI=1S/C19H31N3O3S2/c1-15-8-9-18(26-15)27(24,25)22-12-10-21(11-13-22)16(2)19(23)20-14-17-6-4-3-5-7-17/h8-9,16-17H,3-7,10-14H2,1-2H3,(H,20,23)/t16-/m0/s1. The Kier molecular flexibility index (Phi) is 6.94. The summed E-state index contributed by atoms with van der Waals surface area (Å²) in [6, 6.07) is 3.30. The minimum atomic E-state index is -3.41. The molecule has 27 heavy (non-hydrogen) atoms. The number of thiophene rings is 1. The largest absolute Gasteiger partial charge is 0.354 e. The maximum atomic E-state index is 12.7. The van der Waals surface area contributed by atoms with E-state index in [0.717, 1.165) is 11.4 Å². The first-order valence-electron chi connectivity index (χ1n) is 9.96. The number of hydrogen-bond donors (Lipinski definition) is 1. The summed E-state index contributed by atoms with van der Waals surface area (Å²) < 4.78 is 27.4. The fraction of sp³-hybridized carbons (Fsp3) is 0.737. The number of carbonyl (C=O) groups excluding carboxylic acids is 1. The van der Waals surface area contributed by atoms with Gasteiger partial charge in [0.05, 0.1) is 6.04 Å². The monoisotopic (exact) mass is 413 g/mol. The highest BCUT2D eigenvalue weighted by molar-refractivity contribution is 7.91. The van der Waals surface area contributed by atoms with Gasteiger partial charge in [0, 0.05) is 37.6 Å². The molecule has 6 nitrogen and oxygen atoms in total. The Morgan fingerprint density at radius 1 is 1.19 bits per heavy atom. The summed E-state index contributed by atoms with van der Waals surface area (Å²) in [5.41, 5.74) is 0. The predicted molar refractivity (Wildman–Crippen MR) is 108 cm³/mol. The molecule has 1 aromatic heterocycles. The average Bonchev–Trinajstić information content (AvgIpc) is 3.13. The van der Waals surface area contributed by atoms with Gasteiger partial charge < -0.3 is 5.32 Å². The van der Waals surface area contributed by atoms with Crippen LogP contribution in [0.15, 0.2) is 16.3 Å². The maximum absolute atomic E-state index is 12.7. The number of carbonyl (C=O) groups is 1. The molecular weight excluding hydrogens is 382 g/mol. The van der Waals surface area contributed by atoms with Crippen LogP contribution in [0.2, 0.25) is 0 Å². The lowest BCUT2D eigenvalue weighted by Crippen LogP contribution is -2.55. The SMILES string of the molecule is Cc1ccc(S(=O)(=O)N2CCN([C@@H](C)C(=O)NCC3CCCCC3)CC2)s1. The third-order valence-electron chi connectivity index (χ3n) is 5.80. The third kappa shape index (κ3) is 5.10. The molecule has 0 aromatic carbocycles. The number of nitrogens with zero attached hydrogens (tertiary/aromatic N) is 2. The highest BCUT2D eigenvalue weighted by atomic mass is 32.2. The van der Waals surface area contributed by atoms with Crippen LogP contribution >= 0.6 is 11.3 Å². The second kappa shape index (κ2) is 9.03. The van der Waals surface area contributed by atoms with Crippen LogP contribution in [0.1, 0.15) is 43.9 Å². The summed E-state index contributed by atoms with van der Waals surface area (Å²) >= 11 is 1.31. The van der Waals surface area contributed by atoms with Crippen molar-refractivity contribution in [3.8, 4) is 0 Å². The molecule has 0 unspecified atom stereocenters. The van der Waals surface area contributed by atoms with Crippen LogP contribution in [0.4, 0.5) is 0 Å². The van der Waals surface area contributed by atoms with Crippen molar-refractivity contribution < 1.29 is 13.2 Å². The zero-order chi connectivity index (χ0) is 19.4. The van der Waals surface area contributed by atoms with Crippen molar-refractivity contribution in [2.75, 3.05) is 32.7 Å². The molecule has 2 heterocycles. The van der Waals surface area contributed by atoms with Gasteiger partial charge in [0.1, 0.15) is 4.21 Å². The molecule has 1 atom stereocenters. The number of aryl methyl sites for hydroxylation is 1. The molecule has 0 spiro atoms. The average molecular weight is 414 g/mol. The molecule has 8 heteroatoms. The van der Waals surface area contributed by atoms with E-state index in [1.165, 1.54) is 43.4 Å². The molecule has 1 aliphatic carbocycles. The fourth-order valence-electron chi connectivity index (χ4n) is 3.96. The van der Waals surface area contributed by atoms with Gasteiger partial charge in [0.2, 0.25) is 5.91 Å². The maximum Gasteiger partial charge on any atom is 0.252 e. The quantitative estimate of drug-likeness (QED) is 0.778. The summed E-state index contributed by atoms with van der Waals surface area (Å²) in [7, 11) is -3.41. The zero-order valence-corrected chi connectivity index (χ0v) is 17.9. The normalized spacial score (nSPS) is 21.9. The molecule has 0 radical (unpaired) electrons. The van der Waals surface area contributed by atoms with Crippen LogP contribution in [0.5, 0.6) is 0 Å². The first-order valence-corrected chi connectivity index (χ1v) is 12.2. The molecule has 2 aliphatic rings. The molecule has 1 amide bonds. The first-order chi connectivity index (χ1) is 12.9. The second-order valence-corrected chi connectivity index (χ2v) is 11.2. The molecule has 1 aromatic rings. The summed E-state index contributed by atoms with van der Waals surface area (Å²) in [5, 5.41) is 3.11. The number of piperazine rings is 1. The van der Waals surface area contributed by atoms with E-state index in [9.17, 15) is 13.2 Å². The van der Waals surface area contributed by atoms with Gasteiger partial charge in [-0.15, -0.1) is 11.3 Å². The topological polar surface area (TPSA) is 69.7 Å². The van der Waals surface area contributed by atoms with Gasteiger partial charge in [0.25, 0.3) is 10.0 Å². The van der Waals surface area contributed by atoms with E-state index < -0.39 is 10.0 Å². The van der Waals surface area contributed by atoms with E-state index in [0.29, 0.717) is 36.3 Å². The summed E-state index contributed by atoms with van der Waals surface area (Å²) in [5.74, 6) is 0.678. The van der Waals surface area contributed by atoms with Crippen molar-refractivity contribution in [3.05, 3.63) is 17.0 Å². The van der Waals surface area contributed by atoms with Gasteiger partial charge in [-0.1, -0.05) is 19.3 Å². The number of rotatable bonds is 6. The van der Waals surface area contributed by atoms with E-state index in [2.05, 4.69) is 10.2 Å². The minimum Gasteiger partial charge on any atom is -0.354 e. The van der Waals surface area contributed by atoms with Gasteiger partial charge in [-0.25, -0.2) is 8.42 Å². The molecule has 1 saturated heterocycles. The number of amides is 1. The van der Waals surface area contributed by atoms with E-state index in [4.69, 9.17) is 0 Å². The van der Waals surface area contributed by atoms with Gasteiger partial charge in [-0.3, -0.25) is 9.69 Å². The van der Waals surface area contributed by atoms with Crippen LogP contribution in [0, 0.1) is 12.8 Å². The lowest BCUT2D eigenvalue weighted by atomic mass is 9.89. The highest BCUT2D eigenvalue weighted by Gasteiger charge is 2.32. The van der Waals surface area contributed by atoms with E-state index in [1.807, 2.05) is 19.9 Å². The lowest BCUT2D eigenvalue weighted by Gasteiger charge is -2.36. The van der Waals surface area contributed by atoms with Crippen molar-refractivity contribution >= 4 is 27.3 Å². The third-order valence-corrected chi connectivity index (χ3v) is 9.17. The molecule has 1 aliphatic heterocycles. The number of hydrogen-bond acceptors (Lipinski definition) is 5. The van der Waals surface area contributed by atoms with Crippen molar-refractivity contribution in [1.29, 1.82) is 0 Å². The zero-order valence-electron chi connectivity index (χ0n) is 16.3. The molecule has 3 rings (SSSR count). The van der Waals surface area contributed by atoms with Gasteiger partial charge >= 0.3 is 0 Å². The van der Waals surface area contributed by atoms with E-state index in [-0.39, 0.29) is 11.9 Å². The fourth-order valence-corrected chi connectivity index (χ4v) is 6.82. The minimum absolute atomic E-state index is 0.0609. The summed E-state index contributed by atoms with van der Waals surface area (Å²) in [6.45, 7) is 6.63. The van der Waals surface area contributed by atoms with Gasteiger partial charge in [-0.2, -0.15) is 4.31 Å². The van der Waals surface area contributed by atoms with Crippen LogP contribution in [0.25, 0.3) is 0 Å². The van der Waals surface area contributed by atoms with Crippen molar-refractivity contribution in [3.63, 3.8) is 0 Å².